The van der Waals surface area contributed by atoms with Gasteiger partial charge in [0.15, 0.2) is 0 Å². The van der Waals surface area contributed by atoms with E-state index < -0.39 is 40.6 Å². The molecule has 10 heteroatoms. The summed E-state index contributed by atoms with van der Waals surface area (Å²) in [6.07, 6.45) is -4.15. The van der Waals surface area contributed by atoms with Crippen molar-refractivity contribution in [3.8, 4) is 0 Å². The fourth-order valence-corrected chi connectivity index (χ4v) is 4.16. The first kappa shape index (κ1) is 20.6. The number of alkyl halides is 3. The number of hydrogen-bond donors (Lipinski definition) is 2. The molecule has 6 nitrogen and oxygen atoms in total. The molecular formula is C16H21F3N2O4S. The summed E-state index contributed by atoms with van der Waals surface area (Å²) in [7, 11) is 1.19. The molecule has 2 rings (SSSR count). The second kappa shape index (κ2) is 7.15. The lowest BCUT2D eigenvalue weighted by atomic mass is 9.80. The van der Waals surface area contributed by atoms with E-state index in [-0.39, 0.29) is 12.8 Å². The van der Waals surface area contributed by atoms with Crippen LogP contribution < -0.4 is 0 Å². The third kappa shape index (κ3) is 3.57. The Morgan fingerprint density at radius 3 is 2.31 bits per heavy atom. The van der Waals surface area contributed by atoms with Crippen LogP contribution in [0.25, 0.3) is 0 Å². The Kier molecular flexibility index (Phi) is 5.67. The zero-order valence-electron chi connectivity index (χ0n) is 14.5. The van der Waals surface area contributed by atoms with Gasteiger partial charge in [0.1, 0.15) is 10.5 Å². The Balaban J connectivity index is 2.33. The standard InChI is InChI=1S/C16H21F3N2O4S/c1-10-9-26-12(20-10)15(25,16(17,18)19)8-11(22)21(2)14(13(23)24)6-4-3-5-7-14/h9,25H,3-8H2,1-2H3,(H,23,24). The number of aryl methyl sites for hydroxylation is 1. The molecular weight excluding hydrogens is 373 g/mol. The van der Waals surface area contributed by atoms with Gasteiger partial charge in [0.25, 0.3) is 0 Å². The Hall–Kier alpha value is -1.68. The van der Waals surface area contributed by atoms with Gasteiger partial charge in [-0.3, -0.25) is 4.79 Å². The predicted molar refractivity (Wildman–Crippen MR) is 87.6 cm³/mol. The third-order valence-corrected chi connectivity index (χ3v) is 6.05. The highest BCUT2D eigenvalue weighted by molar-refractivity contribution is 7.09. The minimum absolute atomic E-state index is 0.172. The van der Waals surface area contributed by atoms with E-state index in [1.165, 1.54) is 19.4 Å². The number of halogens is 3. The number of amides is 1. The molecule has 1 aromatic rings. The molecule has 26 heavy (non-hydrogen) atoms. The van der Waals surface area contributed by atoms with E-state index in [1.807, 2.05) is 0 Å². The van der Waals surface area contributed by atoms with E-state index in [1.54, 1.807) is 0 Å². The monoisotopic (exact) mass is 394 g/mol. The topological polar surface area (TPSA) is 90.7 Å². The number of nitrogens with zero attached hydrogens (tertiary/aromatic N) is 2. The molecule has 1 amide bonds. The average Bonchev–Trinajstić information content (AvgIpc) is 3.00. The highest BCUT2D eigenvalue weighted by Gasteiger charge is 2.59. The fraction of sp³-hybridized carbons (Fsp3) is 0.688. The van der Waals surface area contributed by atoms with Crippen LogP contribution in [0, 0.1) is 6.92 Å². The third-order valence-electron chi connectivity index (χ3n) is 4.94. The zero-order valence-corrected chi connectivity index (χ0v) is 15.3. The molecule has 0 aromatic carbocycles. The van der Waals surface area contributed by atoms with Crippen LogP contribution in [0.1, 0.15) is 49.2 Å². The van der Waals surface area contributed by atoms with Gasteiger partial charge in [0.2, 0.25) is 11.5 Å². The van der Waals surface area contributed by atoms with Crippen molar-refractivity contribution in [1.82, 2.24) is 9.88 Å². The number of carbonyl (C=O) groups excluding carboxylic acids is 1. The number of likely N-dealkylation sites (N-methyl/N-ethyl adjacent to an activating group) is 1. The molecule has 1 aliphatic rings. The van der Waals surface area contributed by atoms with Crippen LogP contribution in [0.2, 0.25) is 0 Å². The summed E-state index contributed by atoms with van der Waals surface area (Å²) in [5, 5.41) is 20.6. The second-order valence-corrected chi connectivity index (χ2v) is 7.54. The summed E-state index contributed by atoms with van der Waals surface area (Å²) in [5.41, 5.74) is -4.70. The van der Waals surface area contributed by atoms with E-state index in [9.17, 15) is 33.0 Å². The summed E-state index contributed by atoms with van der Waals surface area (Å²) in [6, 6.07) is 0. The molecule has 1 fully saturated rings. The molecule has 1 unspecified atom stereocenters. The molecule has 1 heterocycles. The van der Waals surface area contributed by atoms with E-state index in [0.717, 1.165) is 11.3 Å². The number of aliphatic carboxylic acids is 1. The molecule has 2 N–H and O–H groups in total. The number of rotatable bonds is 5. The normalized spacial score (nSPS) is 19.6. The second-order valence-electron chi connectivity index (χ2n) is 6.68. The van der Waals surface area contributed by atoms with Gasteiger partial charge in [0.05, 0.1) is 6.42 Å². The highest BCUT2D eigenvalue weighted by atomic mass is 32.1. The lowest BCUT2D eigenvalue weighted by Crippen LogP contribution is -2.58. The number of aromatic nitrogens is 1. The first-order valence-electron chi connectivity index (χ1n) is 8.16. The fourth-order valence-electron chi connectivity index (χ4n) is 3.25. The number of hydrogen-bond acceptors (Lipinski definition) is 5. The Morgan fingerprint density at radius 2 is 1.88 bits per heavy atom. The molecule has 1 saturated carbocycles. The average molecular weight is 394 g/mol. The molecule has 0 spiro atoms. The van der Waals surface area contributed by atoms with Gasteiger partial charge in [-0.25, -0.2) is 9.78 Å². The summed E-state index contributed by atoms with van der Waals surface area (Å²) in [4.78, 5) is 28.9. The van der Waals surface area contributed by atoms with E-state index in [4.69, 9.17) is 0 Å². The summed E-state index contributed by atoms with van der Waals surface area (Å²) in [5.74, 6) is -2.32. The Morgan fingerprint density at radius 1 is 1.31 bits per heavy atom. The number of aliphatic hydroxyl groups is 1. The summed E-state index contributed by atoms with van der Waals surface area (Å²) in [6.45, 7) is 1.48. The molecule has 1 aliphatic carbocycles. The van der Waals surface area contributed by atoms with Crippen LogP contribution >= 0.6 is 11.3 Å². The first-order valence-corrected chi connectivity index (χ1v) is 9.04. The molecule has 0 saturated heterocycles. The molecule has 1 aromatic heterocycles. The summed E-state index contributed by atoms with van der Waals surface area (Å²) >= 11 is 0.610. The minimum Gasteiger partial charge on any atom is -0.479 e. The van der Waals surface area contributed by atoms with Gasteiger partial charge in [-0.2, -0.15) is 13.2 Å². The lowest BCUT2D eigenvalue weighted by molar-refractivity contribution is -0.268. The van der Waals surface area contributed by atoms with Crippen LogP contribution in [0.15, 0.2) is 5.38 Å². The van der Waals surface area contributed by atoms with Crippen molar-refractivity contribution in [2.24, 2.45) is 0 Å². The van der Waals surface area contributed by atoms with Crippen molar-refractivity contribution in [3.05, 3.63) is 16.1 Å². The van der Waals surface area contributed by atoms with Crippen LogP contribution in [-0.4, -0.2) is 50.7 Å². The van der Waals surface area contributed by atoms with Crippen molar-refractivity contribution in [3.63, 3.8) is 0 Å². The van der Waals surface area contributed by atoms with Gasteiger partial charge in [-0.05, 0) is 19.8 Å². The molecule has 0 radical (unpaired) electrons. The predicted octanol–water partition coefficient (Wildman–Crippen LogP) is 2.84. The quantitative estimate of drug-likeness (QED) is 0.801. The maximum absolute atomic E-state index is 13.5. The Bertz CT molecular complexity index is 685. The van der Waals surface area contributed by atoms with Crippen molar-refractivity contribution in [2.45, 2.75) is 62.8 Å². The van der Waals surface area contributed by atoms with Gasteiger partial charge in [0, 0.05) is 18.1 Å². The minimum atomic E-state index is -5.13. The summed E-state index contributed by atoms with van der Waals surface area (Å²) < 4.78 is 40.6. The van der Waals surface area contributed by atoms with Crippen molar-refractivity contribution in [2.75, 3.05) is 7.05 Å². The van der Waals surface area contributed by atoms with Gasteiger partial charge in [-0.1, -0.05) is 19.3 Å². The maximum Gasteiger partial charge on any atom is 0.424 e. The SMILES string of the molecule is Cc1csc(C(O)(CC(=O)N(C)C2(C(=O)O)CCCCC2)C(F)(F)F)n1. The molecule has 146 valence electrons. The zero-order chi connectivity index (χ0) is 19.8. The molecule has 1 atom stereocenters. The number of carboxylic acids is 1. The molecule has 0 aliphatic heterocycles. The van der Waals surface area contributed by atoms with Gasteiger partial charge < -0.3 is 15.1 Å². The first-order chi connectivity index (χ1) is 11.9. The van der Waals surface area contributed by atoms with Crippen LogP contribution in [0.3, 0.4) is 0 Å². The van der Waals surface area contributed by atoms with Gasteiger partial charge in [-0.15, -0.1) is 11.3 Å². The largest absolute Gasteiger partial charge is 0.479 e. The highest BCUT2D eigenvalue weighted by Crippen LogP contribution is 2.44. The van der Waals surface area contributed by atoms with E-state index >= 15 is 0 Å². The van der Waals surface area contributed by atoms with Crippen molar-refractivity contribution in [1.29, 1.82) is 0 Å². The number of thiazole rings is 1. The van der Waals surface area contributed by atoms with Crippen LogP contribution in [0.5, 0.6) is 0 Å². The maximum atomic E-state index is 13.5. The number of carbonyl (C=O) groups is 2. The Labute approximate surface area is 152 Å². The van der Waals surface area contributed by atoms with Crippen molar-refractivity contribution < 1.29 is 33.0 Å². The number of carboxylic acid groups (broad SMARTS) is 1. The van der Waals surface area contributed by atoms with Gasteiger partial charge >= 0.3 is 12.1 Å². The van der Waals surface area contributed by atoms with E-state index in [2.05, 4.69) is 4.98 Å². The van der Waals surface area contributed by atoms with Crippen LogP contribution in [-0.2, 0) is 15.2 Å². The van der Waals surface area contributed by atoms with Crippen molar-refractivity contribution >= 4 is 23.2 Å². The van der Waals surface area contributed by atoms with Crippen LogP contribution in [0.4, 0.5) is 13.2 Å². The van der Waals surface area contributed by atoms with E-state index in [0.29, 0.717) is 29.9 Å². The smallest absolute Gasteiger partial charge is 0.424 e. The molecule has 0 bridgehead atoms. The lowest BCUT2D eigenvalue weighted by Gasteiger charge is -2.42.